The van der Waals surface area contributed by atoms with Crippen molar-refractivity contribution in [2.75, 3.05) is 13.1 Å². The SMILES string of the molecule is Cc1cn([C@@H]2O[C@H](C(O)N(CCC(=O)O)CCC(=O)O)[C@@H](O)[C@H]2O)c(=O)[nH]c1=O.NP(=O)(O)O. The molecule has 0 aliphatic carbocycles. The Kier molecular flexibility index (Phi) is 10.7. The van der Waals surface area contributed by atoms with Crippen LogP contribution in [0, 0.1) is 6.92 Å². The Morgan fingerprint density at radius 3 is 2.09 bits per heavy atom. The fourth-order valence-electron chi connectivity index (χ4n) is 3.00. The van der Waals surface area contributed by atoms with Crippen LogP contribution < -0.4 is 16.8 Å². The molecular weight excluding hydrogens is 487 g/mol. The molecule has 0 amide bonds. The molecule has 1 aliphatic rings. The number of H-pyrrole nitrogens is 1. The third-order valence-corrected chi connectivity index (χ3v) is 4.59. The van der Waals surface area contributed by atoms with E-state index >= 15 is 0 Å². The number of ether oxygens (including phenoxy) is 1. The van der Waals surface area contributed by atoms with Gasteiger partial charge in [-0.25, -0.2) is 14.9 Å². The lowest BCUT2D eigenvalue weighted by molar-refractivity contribution is -0.150. The van der Waals surface area contributed by atoms with Gasteiger partial charge in [-0.05, 0) is 6.92 Å². The van der Waals surface area contributed by atoms with Crippen LogP contribution >= 0.6 is 7.75 Å². The van der Waals surface area contributed by atoms with Gasteiger partial charge in [0.15, 0.2) is 6.23 Å². The number of carboxylic acids is 2. The monoisotopic (exact) mass is 514 g/mol. The van der Waals surface area contributed by atoms with Gasteiger partial charge in [-0.15, -0.1) is 0 Å². The highest BCUT2D eigenvalue weighted by atomic mass is 31.2. The lowest BCUT2D eigenvalue weighted by Crippen LogP contribution is -2.50. The number of rotatable bonds is 9. The Balaban J connectivity index is 0.00000104. The Morgan fingerprint density at radius 2 is 1.65 bits per heavy atom. The average Bonchev–Trinajstić information content (AvgIpc) is 2.97. The number of nitrogens with one attached hydrogen (secondary N) is 1. The van der Waals surface area contributed by atoms with Crippen LogP contribution in [-0.2, 0) is 18.9 Å². The fourth-order valence-corrected chi connectivity index (χ4v) is 3.00. The molecule has 1 aliphatic heterocycles. The minimum atomic E-state index is -4.14. The molecule has 2 heterocycles. The number of aliphatic carboxylic acids is 2. The number of nitrogens with zero attached hydrogens (tertiary/aromatic N) is 2. The lowest BCUT2D eigenvalue weighted by atomic mass is 10.1. The average molecular weight is 514 g/mol. The van der Waals surface area contributed by atoms with Crippen LogP contribution in [0.5, 0.6) is 0 Å². The summed E-state index contributed by atoms with van der Waals surface area (Å²) >= 11 is 0. The van der Waals surface area contributed by atoms with E-state index in [1.807, 2.05) is 4.98 Å². The summed E-state index contributed by atoms with van der Waals surface area (Å²) in [5.74, 6) is -2.36. The third kappa shape index (κ3) is 9.05. The maximum atomic E-state index is 12.0. The van der Waals surface area contributed by atoms with Gasteiger partial charge in [0.05, 0.1) is 12.8 Å². The number of aromatic nitrogens is 2. The van der Waals surface area contributed by atoms with Crippen LogP contribution in [0.2, 0.25) is 0 Å². The second-order valence-electron chi connectivity index (χ2n) is 7.28. The summed E-state index contributed by atoms with van der Waals surface area (Å²) in [6.45, 7) is 0.933. The van der Waals surface area contributed by atoms with Crippen LogP contribution in [0.3, 0.4) is 0 Å². The van der Waals surface area contributed by atoms with E-state index in [-0.39, 0.29) is 18.7 Å². The Hall–Kier alpha value is -2.47. The van der Waals surface area contributed by atoms with Gasteiger partial charge in [0.25, 0.3) is 5.56 Å². The molecule has 0 radical (unpaired) electrons. The van der Waals surface area contributed by atoms with Crippen molar-refractivity contribution in [2.45, 2.75) is 50.5 Å². The summed E-state index contributed by atoms with van der Waals surface area (Å²) in [6.07, 6.45) is -7.60. The molecule has 34 heavy (non-hydrogen) atoms. The number of aromatic amines is 1. The minimum absolute atomic E-state index is 0.142. The molecule has 1 aromatic heterocycles. The highest BCUT2D eigenvalue weighted by Gasteiger charge is 2.48. The molecule has 194 valence electrons. The van der Waals surface area contributed by atoms with Gasteiger partial charge < -0.3 is 40.1 Å². The standard InChI is InChI=1S/C16H23N3O10.H4NO3P/c1-7-6-19(16(28)17-13(7)26)15-11(25)10(24)12(29-15)14(27)18(4-2-8(20)21)5-3-9(22)23;1-5(2,3)4/h6,10-12,14-15,24-25,27H,2-5H2,1H3,(H,20,21)(H,22,23)(H,17,26,28);(H4,1,2,3,4)/t10-,11+,12-,14?,15+;/m0./s1. The molecule has 1 saturated heterocycles. The van der Waals surface area contributed by atoms with Crippen LogP contribution in [-0.4, -0.2) is 99.3 Å². The molecular formula is C16H27N4O13P. The van der Waals surface area contributed by atoms with E-state index in [0.717, 1.165) is 15.7 Å². The highest BCUT2D eigenvalue weighted by molar-refractivity contribution is 7.49. The summed E-state index contributed by atoms with van der Waals surface area (Å²) in [7, 11) is -4.14. The molecule has 1 aromatic rings. The first-order chi connectivity index (χ1) is 15.5. The van der Waals surface area contributed by atoms with E-state index in [1.165, 1.54) is 6.92 Å². The molecule has 1 unspecified atom stereocenters. The van der Waals surface area contributed by atoms with Gasteiger partial charge in [0.1, 0.15) is 24.5 Å². The van der Waals surface area contributed by atoms with Crippen molar-refractivity contribution >= 4 is 19.7 Å². The van der Waals surface area contributed by atoms with Gasteiger partial charge in [0.2, 0.25) is 0 Å². The predicted octanol–water partition coefficient (Wildman–Crippen LogP) is -3.93. The van der Waals surface area contributed by atoms with Crippen molar-refractivity contribution in [3.63, 3.8) is 0 Å². The quantitative estimate of drug-likeness (QED) is 0.112. The van der Waals surface area contributed by atoms with Crippen molar-refractivity contribution in [1.82, 2.24) is 14.5 Å². The summed E-state index contributed by atoms with van der Waals surface area (Å²) in [4.78, 5) is 63.1. The summed E-state index contributed by atoms with van der Waals surface area (Å²) in [6, 6.07) is 0. The van der Waals surface area contributed by atoms with Crippen LogP contribution in [0.15, 0.2) is 15.8 Å². The number of carboxylic acid groups (broad SMARTS) is 2. The molecule has 0 saturated carbocycles. The molecule has 18 heteroatoms. The minimum Gasteiger partial charge on any atom is -0.481 e. The van der Waals surface area contributed by atoms with Crippen molar-refractivity contribution in [3.05, 3.63) is 32.6 Å². The Labute approximate surface area is 190 Å². The highest BCUT2D eigenvalue weighted by Crippen LogP contribution is 2.31. The first-order valence-electron chi connectivity index (χ1n) is 9.56. The van der Waals surface area contributed by atoms with Crippen LogP contribution in [0.4, 0.5) is 0 Å². The van der Waals surface area contributed by atoms with Crippen LogP contribution in [0.25, 0.3) is 0 Å². The maximum Gasteiger partial charge on any atom is 0.397 e. The lowest BCUT2D eigenvalue weighted by Gasteiger charge is -2.31. The smallest absolute Gasteiger partial charge is 0.397 e. The normalized spacial score (nSPS) is 23.3. The second kappa shape index (κ2) is 12.3. The Morgan fingerprint density at radius 1 is 1.18 bits per heavy atom. The molecule has 0 bridgehead atoms. The van der Waals surface area contributed by atoms with Gasteiger partial charge >= 0.3 is 25.4 Å². The number of nitrogens with two attached hydrogens (primary N) is 1. The van der Waals surface area contributed by atoms with E-state index in [4.69, 9.17) is 29.3 Å². The topological polar surface area (TPSA) is 286 Å². The second-order valence-corrected chi connectivity index (χ2v) is 8.46. The Bertz CT molecular complexity index is 995. The van der Waals surface area contributed by atoms with Crippen molar-refractivity contribution < 1.29 is 54.2 Å². The number of aliphatic hydroxyl groups is 3. The molecule has 0 aromatic carbocycles. The molecule has 17 nitrogen and oxygen atoms in total. The largest absolute Gasteiger partial charge is 0.481 e. The van der Waals surface area contributed by atoms with Gasteiger partial charge in [0, 0.05) is 24.8 Å². The number of aryl methyl sites for hydroxylation is 1. The molecule has 2 rings (SSSR count). The van der Waals surface area contributed by atoms with Crippen LogP contribution in [0.1, 0.15) is 24.6 Å². The van der Waals surface area contributed by atoms with Crippen molar-refractivity contribution in [2.24, 2.45) is 5.50 Å². The first-order valence-corrected chi connectivity index (χ1v) is 11.2. The van der Waals surface area contributed by atoms with Gasteiger partial charge in [-0.3, -0.25) is 28.8 Å². The van der Waals surface area contributed by atoms with E-state index in [2.05, 4.69) is 5.50 Å². The van der Waals surface area contributed by atoms with Crippen molar-refractivity contribution in [1.29, 1.82) is 0 Å². The fraction of sp³-hybridized carbons (Fsp3) is 0.625. The molecule has 1 fully saturated rings. The summed E-state index contributed by atoms with van der Waals surface area (Å²) < 4.78 is 15.4. The molecule has 5 atom stereocenters. The van der Waals surface area contributed by atoms with E-state index < -0.39 is 74.5 Å². The number of aliphatic hydroxyl groups excluding tert-OH is 3. The summed E-state index contributed by atoms with van der Waals surface area (Å²) in [5, 5.41) is 48.8. The zero-order valence-corrected chi connectivity index (χ0v) is 18.7. The van der Waals surface area contributed by atoms with Gasteiger partial charge in [-0.2, -0.15) is 0 Å². The molecule has 0 spiro atoms. The maximum absolute atomic E-state index is 12.0. The number of carbonyl (C=O) groups is 2. The predicted molar refractivity (Wildman–Crippen MR) is 110 cm³/mol. The first kappa shape index (κ1) is 29.6. The zero-order chi connectivity index (χ0) is 26.4. The third-order valence-electron chi connectivity index (χ3n) is 4.59. The summed E-state index contributed by atoms with van der Waals surface area (Å²) in [5.41, 5.74) is 2.63. The number of hydrogen-bond donors (Lipinski definition) is 9. The van der Waals surface area contributed by atoms with E-state index in [0.29, 0.717) is 0 Å². The number of hydrogen-bond acceptors (Lipinski definition) is 10. The van der Waals surface area contributed by atoms with E-state index in [1.54, 1.807) is 0 Å². The van der Waals surface area contributed by atoms with Crippen molar-refractivity contribution in [3.8, 4) is 0 Å². The molecule has 10 N–H and O–H groups in total. The zero-order valence-electron chi connectivity index (χ0n) is 17.8. The van der Waals surface area contributed by atoms with E-state index in [9.17, 15) is 34.5 Å². The van der Waals surface area contributed by atoms with Gasteiger partial charge in [-0.1, -0.05) is 0 Å².